The van der Waals surface area contributed by atoms with E-state index in [1.54, 1.807) is 13.2 Å². The first-order valence-electron chi connectivity index (χ1n) is 4.03. The molecule has 2 heteroatoms. The van der Waals surface area contributed by atoms with Gasteiger partial charge in [-0.05, 0) is 26.8 Å². The lowest BCUT2D eigenvalue weighted by atomic mass is 10.1. The van der Waals surface area contributed by atoms with E-state index in [1.807, 2.05) is 13.2 Å². The molecular weight excluding hydrogens is 150 g/mol. The summed E-state index contributed by atoms with van der Waals surface area (Å²) < 4.78 is 5.07. The second-order valence-corrected chi connectivity index (χ2v) is 3.72. The molecule has 2 nitrogen and oxygen atoms in total. The Morgan fingerprint density at radius 1 is 1.42 bits per heavy atom. The number of methoxy groups -OCH3 is 1. The molecule has 0 bridgehead atoms. The topological polar surface area (TPSA) is 12.5 Å². The Kier molecular flexibility index (Phi) is 3.87. The van der Waals surface area contributed by atoms with Crippen molar-refractivity contribution in [3.05, 3.63) is 24.6 Å². The third kappa shape index (κ3) is 3.46. The summed E-state index contributed by atoms with van der Waals surface area (Å²) in [4.78, 5) is 2.09. The van der Waals surface area contributed by atoms with Crippen LogP contribution in [0.3, 0.4) is 0 Å². The van der Waals surface area contributed by atoms with Crippen molar-refractivity contribution in [2.75, 3.05) is 14.2 Å². The Morgan fingerprint density at radius 3 is 2.17 bits per heavy atom. The van der Waals surface area contributed by atoms with Gasteiger partial charge in [-0.1, -0.05) is 6.58 Å². The zero-order chi connectivity index (χ0) is 9.78. The van der Waals surface area contributed by atoms with E-state index in [-0.39, 0.29) is 5.54 Å². The Hall–Kier alpha value is -0.920. The first kappa shape index (κ1) is 11.1. The summed E-state index contributed by atoms with van der Waals surface area (Å²) in [5, 5.41) is 0. The minimum atomic E-state index is 0.118. The predicted octanol–water partition coefficient (Wildman–Crippen LogP) is 2.39. The smallest absolute Gasteiger partial charge is 0.134 e. The molecule has 0 N–H and O–H groups in total. The van der Waals surface area contributed by atoms with Gasteiger partial charge >= 0.3 is 0 Å². The van der Waals surface area contributed by atoms with Crippen LogP contribution in [-0.4, -0.2) is 24.6 Å². The number of hydrogen-bond acceptors (Lipinski definition) is 2. The standard InChI is InChI=1S/C10H19NO/c1-7-9(12-6)8-11(5)10(2,3)4/h7-8H,1H2,2-6H3/b9-8+. The van der Waals surface area contributed by atoms with Crippen LogP contribution in [-0.2, 0) is 4.74 Å². The number of hydrogen-bond donors (Lipinski definition) is 0. The normalized spacial score (nSPS) is 12.6. The average molecular weight is 169 g/mol. The van der Waals surface area contributed by atoms with E-state index < -0.39 is 0 Å². The molecule has 70 valence electrons. The van der Waals surface area contributed by atoms with E-state index in [4.69, 9.17) is 4.74 Å². The maximum absolute atomic E-state index is 5.07. The number of allylic oxidation sites excluding steroid dienone is 1. The number of rotatable bonds is 3. The molecule has 0 amide bonds. The maximum atomic E-state index is 5.07. The molecule has 0 rings (SSSR count). The highest BCUT2D eigenvalue weighted by Gasteiger charge is 2.13. The van der Waals surface area contributed by atoms with Crippen molar-refractivity contribution < 1.29 is 4.74 Å². The Bertz CT molecular complexity index is 177. The molecule has 0 saturated carbocycles. The van der Waals surface area contributed by atoms with E-state index in [0.717, 1.165) is 5.76 Å². The molecule has 0 aromatic rings. The van der Waals surface area contributed by atoms with Gasteiger partial charge < -0.3 is 9.64 Å². The third-order valence-electron chi connectivity index (χ3n) is 1.82. The molecular formula is C10H19NO. The fourth-order valence-electron chi connectivity index (χ4n) is 0.573. The van der Waals surface area contributed by atoms with Crippen LogP contribution in [0.15, 0.2) is 24.6 Å². The van der Waals surface area contributed by atoms with Crippen LogP contribution in [0.2, 0.25) is 0 Å². The second kappa shape index (κ2) is 4.19. The van der Waals surface area contributed by atoms with Gasteiger partial charge in [0.1, 0.15) is 5.76 Å². The average Bonchev–Trinajstić information content (AvgIpc) is 1.97. The Labute approximate surface area is 75.5 Å². The van der Waals surface area contributed by atoms with Gasteiger partial charge in [0.05, 0.1) is 7.11 Å². The van der Waals surface area contributed by atoms with Gasteiger partial charge in [-0.2, -0.15) is 0 Å². The highest BCUT2D eigenvalue weighted by molar-refractivity contribution is 5.08. The van der Waals surface area contributed by atoms with Crippen molar-refractivity contribution in [1.29, 1.82) is 0 Å². The molecule has 0 aliphatic heterocycles. The Balaban J connectivity index is 4.40. The minimum Gasteiger partial charge on any atom is -0.495 e. The molecule has 0 aliphatic carbocycles. The SMILES string of the molecule is C=C/C(=C\N(C)C(C)(C)C)OC. The highest BCUT2D eigenvalue weighted by atomic mass is 16.5. The van der Waals surface area contributed by atoms with Crippen LogP contribution in [0, 0.1) is 0 Å². The predicted molar refractivity (Wildman–Crippen MR) is 52.8 cm³/mol. The summed E-state index contributed by atoms with van der Waals surface area (Å²) in [7, 11) is 3.66. The lowest BCUT2D eigenvalue weighted by Gasteiger charge is -2.31. The van der Waals surface area contributed by atoms with Gasteiger partial charge in [-0.15, -0.1) is 0 Å². The number of ether oxygens (including phenoxy) is 1. The van der Waals surface area contributed by atoms with Crippen molar-refractivity contribution in [1.82, 2.24) is 4.90 Å². The summed E-state index contributed by atoms with van der Waals surface area (Å²) in [5.41, 5.74) is 0.118. The van der Waals surface area contributed by atoms with Crippen molar-refractivity contribution in [3.63, 3.8) is 0 Å². The fraction of sp³-hybridized carbons (Fsp3) is 0.600. The zero-order valence-electron chi connectivity index (χ0n) is 8.72. The summed E-state index contributed by atoms with van der Waals surface area (Å²) in [6.45, 7) is 10.1. The molecule has 0 unspecified atom stereocenters. The van der Waals surface area contributed by atoms with Gasteiger partial charge in [0.25, 0.3) is 0 Å². The van der Waals surface area contributed by atoms with Gasteiger partial charge in [-0.25, -0.2) is 0 Å². The van der Waals surface area contributed by atoms with Crippen LogP contribution in [0.5, 0.6) is 0 Å². The van der Waals surface area contributed by atoms with E-state index in [1.165, 1.54) is 0 Å². The summed E-state index contributed by atoms with van der Waals surface area (Å²) in [6.07, 6.45) is 3.63. The molecule has 0 aromatic heterocycles. The van der Waals surface area contributed by atoms with Gasteiger partial charge in [-0.3, -0.25) is 0 Å². The molecule has 0 saturated heterocycles. The van der Waals surface area contributed by atoms with Crippen LogP contribution in [0.25, 0.3) is 0 Å². The van der Waals surface area contributed by atoms with Crippen molar-refractivity contribution >= 4 is 0 Å². The lowest BCUT2D eigenvalue weighted by Crippen LogP contribution is -2.33. The molecule has 0 heterocycles. The van der Waals surface area contributed by atoms with Gasteiger partial charge in [0.15, 0.2) is 0 Å². The maximum Gasteiger partial charge on any atom is 0.134 e. The minimum absolute atomic E-state index is 0.118. The summed E-state index contributed by atoms with van der Waals surface area (Å²) in [6, 6.07) is 0. The van der Waals surface area contributed by atoms with Gasteiger partial charge in [0.2, 0.25) is 0 Å². The molecule has 0 aromatic carbocycles. The Morgan fingerprint density at radius 2 is 1.92 bits per heavy atom. The van der Waals surface area contributed by atoms with Crippen molar-refractivity contribution in [2.24, 2.45) is 0 Å². The second-order valence-electron chi connectivity index (χ2n) is 3.72. The van der Waals surface area contributed by atoms with Crippen LogP contribution < -0.4 is 0 Å². The summed E-state index contributed by atoms with van der Waals surface area (Å²) in [5.74, 6) is 0.785. The third-order valence-corrected chi connectivity index (χ3v) is 1.82. The van der Waals surface area contributed by atoms with E-state index in [9.17, 15) is 0 Å². The number of nitrogens with zero attached hydrogens (tertiary/aromatic N) is 1. The van der Waals surface area contributed by atoms with E-state index in [2.05, 4.69) is 32.3 Å². The van der Waals surface area contributed by atoms with Crippen LogP contribution in [0.1, 0.15) is 20.8 Å². The van der Waals surface area contributed by atoms with Crippen LogP contribution in [0.4, 0.5) is 0 Å². The first-order chi connectivity index (χ1) is 5.41. The zero-order valence-corrected chi connectivity index (χ0v) is 8.72. The quantitative estimate of drug-likeness (QED) is 0.475. The molecule has 12 heavy (non-hydrogen) atoms. The fourth-order valence-corrected chi connectivity index (χ4v) is 0.573. The molecule has 0 aliphatic rings. The van der Waals surface area contributed by atoms with Crippen LogP contribution >= 0.6 is 0 Å². The molecule has 0 atom stereocenters. The van der Waals surface area contributed by atoms with Crippen molar-refractivity contribution in [3.8, 4) is 0 Å². The molecule has 0 spiro atoms. The molecule has 0 fully saturated rings. The first-order valence-corrected chi connectivity index (χ1v) is 4.03. The van der Waals surface area contributed by atoms with E-state index in [0.29, 0.717) is 0 Å². The largest absolute Gasteiger partial charge is 0.495 e. The highest BCUT2D eigenvalue weighted by Crippen LogP contribution is 2.12. The summed E-state index contributed by atoms with van der Waals surface area (Å²) >= 11 is 0. The monoisotopic (exact) mass is 169 g/mol. The van der Waals surface area contributed by atoms with E-state index >= 15 is 0 Å². The molecule has 0 radical (unpaired) electrons. The van der Waals surface area contributed by atoms with Gasteiger partial charge in [0, 0.05) is 18.8 Å². The van der Waals surface area contributed by atoms with Crippen molar-refractivity contribution in [2.45, 2.75) is 26.3 Å². The lowest BCUT2D eigenvalue weighted by molar-refractivity contribution is 0.227.